The zero-order chi connectivity index (χ0) is 16.5. The minimum absolute atomic E-state index is 0. The second-order valence-electron chi connectivity index (χ2n) is 5.57. The number of nitrogens with one attached hydrogen (secondary N) is 2. The van der Waals surface area contributed by atoms with Crippen LogP contribution in [0.2, 0.25) is 0 Å². The highest BCUT2D eigenvalue weighted by molar-refractivity contribution is 5.93. The van der Waals surface area contributed by atoms with Crippen molar-refractivity contribution in [2.45, 2.75) is 32.8 Å². The van der Waals surface area contributed by atoms with Gasteiger partial charge >= 0.3 is 0 Å². The molecule has 0 bridgehead atoms. The molecule has 130 valence electrons. The number of rotatable bonds is 8. The molecule has 0 aliphatic rings. The number of methoxy groups -OCH3 is 1. The molecule has 0 radical (unpaired) electrons. The molecule has 0 spiro atoms. The molecular formula is C16H26ClN3O3. The van der Waals surface area contributed by atoms with Gasteiger partial charge in [-0.15, -0.1) is 12.4 Å². The van der Waals surface area contributed by atoms with Gasteiger partial charge in [-0.1, -0.05) is 13.8 Å². The molecule has 0 saturated carbocycles. The molecule has 0 aromatic heterocycles. The van der Waals surface area contributed by atoms with E-state index in [0.717, 1.165) is 0 Å². The number of nitrogens with two attached hydrogens (primary N) is 1. The zero-order valence-corrected chi connectivity index (χ0v) is 14.6. The number of amides is 2. The average Bonchev–Trinajstić information content (AvgIpc) is 2.46. The van der Waals surface area contributed by atoms with Crippen molar-refractivity contribution in [3.05, 3.63) is 24.3 Å². The quantitative estimate of drug-likeness (QED) is 0.675. The van der Waals surface area contributed by atoms with Crippen molar-refractivity contribution in [1.82, 2.24) is 0 Å². The van der Waals surface area contributed by atoms with Gasteiger partial charge in [0.25, 0.3) is 0 Å². The summed E-state index contributed by atoms with van der Waals surface area (Å²) >= 11 is 0. The Balaban J connectivity index is 0.00000484. The van der Waals surface area contributed by atoms with Crippen molar-refractivity contribution in [1.29, 1.82) is 0 Å². The summed E-state index contributed by atoms with van der Waals surface area (Å²) in [5.74, 6) is 0.140. The average molecular weight is 344 g/mol. The van der Waals surface area contributed by atoms with Gasteiger partial charge in [-0.3, -0.25) is 9.59 Å². The predicted octanol–water partition coefficient (Wildman–Crippen LogP) is 2.40. The number of anilines is 2. The molecule has 1 aromatic carbocycles. The number of hydrogen-bond donors (Lipinski definition) is 3. The van der Waals surface area contributed by atoms with Gasteiger partial charge in [-0.2, -0.15) is 0 Å². The number of ether oxygens (including phenoxy) is 1. The number of halogens is 1. The van der Waals surface area contributed by atoms with Gasteiger partial charge in [-0.25, -0.2) is 0 Å². The fourth-order valence-electron chi connectivity index (χ4n) is 1.90. The fourth-order valence-corrected chi connectivity index (χ4v) is 1.90. The van der Waals surface area contributed by atoms with Crippen LogP contribution in [0.25, 0.3) is 0 Å². The second-order valence-corrected chi connectivity index (χ2v) is 5.57. The van der Waals surface area contributed by atoms with Crippen molar-refractivity contribution >= 4 is 35.6 Å². The Morgan fingerprint density at radius 2 is 1.48 bits per heavy atom. The van der Waals surface area contributed by atoms with Gasteiger partial charge < -0.3 is 21.1 Å². The van der Waals surface area contributed by atoms with Gasteiger partial charge in [-0.05, 0) is 30.2 Å². The van der Waals surface area contributed by atoms with E-state index in [0.29, 0.717) is 30.3 Å². The topological polar surface area (TPSA) is 93.4 Å². The maximum Gasteiger partial charge on any atom is 0.227 e. The predicted molar refractivity (Wildman–Crippen MR) is 94.9 cm³/mol. The minimum atomic E-state index is -0.283. The standard InChI is InChI=1S/C16H25N3O3.ClH/c1-11(2)8-15(20)18-12-4-6-13(7-5-12)19-16(21)9-14(10-17)22-3;/h4-7,11,14H,8-10,17H2,1-3H3,(H,18,20)(H,19,21);1H. The lowest BCUT2D eigenvalue weighted by molar-refractivity contribution is -0.118. The van der Waals surface area contributed by atoms with Crippen LogP contribution in [-0.2, 0) is 14.3 Å². The molecule has 0 saturated heterocycles. The first kappa shape index (κ1) is 21.4. The van der Waals surface area contributed by atoms with Crippen molar-refractivity contribution < 1.29 is 14.3 Å². The van der Waals surface area contributed by atoms with E-state index in [9.17, 15) is 9.59 Å². The molecule has 4 N–H and O–H groups in total. The maximum atomic E-state index is 11.8. The van der Waals surface area contributed by atoms with Crippen molar-refractivity contribution in [2.75, 3.05) is 24.3 Å². The van der Waals surface area contributed by atoms with E-state index < -0.39 is 0 Å². The van der Waals surface area contributed by atoms with Crippen molar-refractivity contribution in [3.63, 3.8) is 0 Å². The first-order chi connectivity index (χ1) is 10.4. The Morgan fingerprint density at radius 3 is 1.83 bits per heavy atom. The molecule has 2 amide bonds. The highest BCUT2D eigenvalue weighted by Gasteiger charge is 2.11. The molecule has 23 heavy (non-hydrogen) atoms. The number of hydrogen-bond acceptors (Lipinski definition) is 4. The van der Waals surface area contributed by atoms with E-state index in [4.69, 9.17) is 10.5 Å². The first-order valence-corrected chi connectivity index (χ1v) is 7.37. The van der Waals surface area contributed by atoms with Gasteiger partial charge in [0, 0.05) is 31.5 Å². The Bertz CT molecular complexity index is 488. The Hall–Kier alpha value is -1.63. The highest BCUT2D eigenvalue weighted by Crippen LogP contribution is 2.15. The normalized spacial score (nSPS) is 11.5. The monoisotopic (exact) mass is 343 g/mol. The molecule has 0 heterocycles. The summed E-state index contributed by atoms with van der Waals surface area (Å²) in [5, 5.41) is 5.58. The highest BCUT2D eigenvalue weighted by atomic mass is 35.5. The third-order valence-corrected chi connectivity index (χ3v) is 3.06. The lowest BCUT2D eigenvalue weighted by Crippen LogP contribution is -2.28. The summed E-state index contributed by atoms with van der Waals surface area (Å²) in [6.07, 6.45) is 0.408. The van der Waals surface area contributed by atoms with Crippen LogP contribution >= 0.6 is 12.4 Å². The van der Waals surface area contributed by atoms with Crippen molar-refractivity contribution in [3.8, 4) is 0 Å². The van der Waals surface area contributed by atoms with Gasteiger partial charge in [0.1, 0.15) is 0 Å². The molecule has 1 rings (SSSR count). The number of carbonyl (C=O) groups is 2. The van der Waals surface area contributed by atoms with E-state index in [2.05, 4.69) is 10.6 Å². The van der Waals surface area contributed by atoms with Crippen LogP contribution in [0.1, 0.15) is 26.7 Å². The van der Waals surface area contributed by atoms with Crippen LogP contribution in [0.3, 0.4) is 0 Å². The van der Waals surface area contributed by atoms with Crippen LogP contribution in [-0.4, -0.2) is 31.6 Å². The second kappa shape index (κ2) is 11.0. The van der Waals surface area contributed by atoms with Crippen LogP contribution in [0.15, 0.2) is 24.3 Å². The summed E-state index contributed by atoms with van der Waals surface area (Å²) in [6.45, 7) is 4.28. The molecule has 1 atom stereocenters. The first-order valence-electron chi connectivity index (χ1n) is 7.37. The van der Waals surface area contributed by atoms with Crippen LogP contribution in [0, 0.1) is 5.92 Å². The molecule has 0 fully saturated rings. The van der Waals surface area contributed by atoms with E-state index in [1.54, 1.807) is 24.3 Å². The Labute approximate surface area is 143 Å². The molecule has 1 aromatic rings. The van der Waals surface area contributed by atoms with E-state index in [1.165, 1.54) is 7.11 Å². The van der Waals surface area contributed by atoms with Crippen LogP contribution in [0.4, 0.5) is 11.4 Å². The Morgan fingerprint density at radius 1 is 1.04 bits per heavy atom. The summed E-state index contributed by atoms with van der Waals surface area (Å²) in [7, 11) is 1.53. The molecule has 7 heteroatoms. The lowest BCUT2D eigenvalue weighted by Gasteiger charge is -2.13. The fraction of sp³-hybridized carbons (Fsp3) is 0.500. The third-order valence-electron chi connectivity index (χ3n) is 3.06. The summed E-state index contributed by atoms with van der Waals surface area (Å²) in [6, 6.07) is 7.00. The summed E-state index contributed by atoms with van der Waals surface area (Å²) in [5.41, 5.74) is 6.85. The number of benzene rings is 1. The Kier molecular flexibility index (Phi) is 10.2. The van der Waals surface area contributed by atoms with Gasteiger partial charge in [0.05, 0.1) is 12.5 Å². The molecule has 0 aliphatic heterocycles. The SMILES string of the molecule is COC(CN)CC(=O)Nc1ccc(NC(=O)CC(C)C)cc1.Cl. The minimum Gasteiger partial charge on any atom is -0.380 e. The smallest absolute Gasteiger partial charge is 0.227 e. The number of carbonyl (C=O) groups excluding carboxylic acids is 2. The third kappa shape index (κ3) is 8.54. The molecular weight excluding hydrogens is 318 g/mol. The molecule has 6 nitrogen and oxygen atoms in total. The maximum absolute atomic E-state index is 11.8. The molecule has 1 unspecified atom stereocenters. The largest absolute Gasteiger partial charge is 0.380 e. The van der Waals surface area contributed by atoms with Crippen LogP contribution in [0.5, 0.6) is 0 Å². The van der Waals surface area contributed by atoms with Crippen LogP contribution < -0.4 is 16.4 Å². The molecule has 0 aliphatic carbocycles. The lowest BCUT2D eigenvalue weighted by atomic mass is 10.1. The zero-order valence-electron chi connectivity index (χ0n) is 13.8. The summed E-state index contributed by atoms with van der Waals surface area (Å²) < 4.78 is 5.07. The van der Waals surface area contributed by atoms with Gasteiger partial charge in [0.2, 0.25) is 11.8 Å². The van der Waals surface area contributed by atoms with Gasteiger partial charge in [0.15, 0.2) is 0 Å². The van der Waals surface area contributed by atoms with E-state index in [-0.39, 0.29) is 36.7 Å². The van der Waals surface area contributed by atoms with E-state index >= 15 is 0 Å². The van der Waals surface area contributed by atoms with Crippen molar-refractivity contribution in [2.24, 2.45) is 11.7 Å². The van der Waals surface area contributed by atoms with E-state index in [1.807, 2.05) is 13.8 Å². The summed E-state index contributed by atoms with van der Waals surface area (Å²) in [4.78, 5) is 23.5.